The minimum absolute atomic E-state index is 0.0420. The Balaban J connectivity index is 1.21. The maximum Gasteiger partial charge on any atom is 0.326 e. The lowest BCUT2D eigenvalue weighted by atomic mass is 9.99. The van der Waals surface area contributed by atoms with Crippen molar-refractivity contribution >= 4 is 130 Å². The third kappa shape index (κ3) is 23.7. The van der Waals surface area contributed by atoms with E-state index >= 15 is 4.79 Å². The SMILES string of the molecule is CC(C)C[C@H](NC(=O)[C@H](Cc1ccc(O)cc1)NC(=O)[C@H](Cc1c[nH]c2ccccc12)NC(=O)[C@H](CCC(=O)O)NC(=O)[C@H](C)NC(=O)[C@@H](NC(=O)[C@@H]1CCCN1C(=O)[C@H](Cc1c[nH]c2ccccc12)NC(=O)[C@H](CS)NC(=O)[C@@H](N)C(C)C)C(C)C)C(=O)N[C@@H](CS)C(=O)N[C@@H](CC(N)=O)C(=O)O. The van der Waals surface area contributed by atoms with Gasteiger partial charge in [0.2, 0.25) is 70.9 Å². The van der Waals surface area contributed by atoms with Crippen LogP contribution in [0.1, 0.15) is 104 Å². The fraction of sp³-hybridized carbons (Fsp3) is 0.486. The van der Waals surface area contributed by atoms with Crippen LogP contribution in [0.4, 0.5) is 0 Å². The summed E-state index contributed by atoms with van der Waals surface area (Å²) in [5.41, 5.74) is 14.2. The minimum atomic E-state index is -1.75. The summed E-state index contributed by atoms with van der Waals surface area (Å²) in [5.74, 6) is -15.4. The van der Waals surface area contributed by atoms with Gasteiger partial charge in [-0.2, -0.15) is 25.3 Å². The number of rotatable bonds is 39. The molecule has 564 valence electrons. The standard InChI is InChI=1S/C70H95N15O17S2/c1-34(2)25-47(61(92)82-52(32-103)65(96)81-51(70(101)102)29-55(71)87)77-62(93)48(26-38-18-20-41(86)21-19-38)78-63(94)49(27-39-30-73-44-15-10-8-13-42(39)44)79-60(91)46(22-23-56(88)89)76-59(90)37(7)75-68(99)58(36(5)6)84-66(97)54-17-12-24-85(54)69(100)50(28-40-31-74-45-16-11-9-14-43(40)45)80-64(95)53(33-104)83-67(98)57(72)35(3)4/h8-11,13-16,18-21,30-31,34-37,46-54,57-58,73-74,86,103-104H,12,17,22-29,32-33,72H2,1-7H3,(H2,71,87)(H,75,99)(H,76,90)(H,77,93)(H,78,94)(H,79,91)(H,80,95)(H,81,96)(H,82,92)(H,83,98)(H,84,97)(H,88,89)(H,101,102)/t37-,46-,47-,48-,49-,50-,51-,52-,53-,54-,57-,58-/m0/s1. The van der Waals surface area contributed by atoms with E-state index in [1.54, 1.807) is 78.2 Å². The molecule has 5 aromatic rings. The number of aromatic nitrogens is 2. The van der Waals surface area contributed by atoms with Crippen molar-refractivity contribution in [3.05, 3.63) is 102 Å². The highest BCUT2D eigenvalue weighted by atomic mass is 32.1. The number of thiol groups is 2. The molecule has 0 bridgehead atoms. The fourth-order valence-electron chi connectivity index (χ4n) is 11.7. The van der Waals surface area contributed by atoms with Gasteiger partial charge >= 0.3 is 11.9 Å². The summed E-state index contributed by atoms with van der Waals surface area (Å²) in [6, 6.07) is 2.83. The number of aromatic hydroxyl groups is 1. The molecule has 104 heavy (non-hydrogen) atoms. The highest BCUT2D eigenvalue weighted by Gasteiger charge is 2.42. The fourth-order valence-corrected chi connectivity index (χ4v) is 12.2. The number of para-hydroxylation sites is 2. The third-order valence-electron chi connectivity index (χ3n) is 17.6. The summed E-state index contributed by atoms with van der Waals surface area (Å²) in [5, 5.41) is 56.8. The summed E-state index contributed by atoms with van der Waals surface area (Å²) < 4.78 is 0. The number of carbonyl (C=O) groups excluding carboxylic acids is 12. The van der Waals surface area contributed by atoms with E-state index in [1.165, 1.54) is 36.1 Å². The molecular weight excluding hydrogens is 1390 g/mol. The van der Waals surface area contributed by atoms with Crippen LogP contribution in [0.15, 0.2) is 85.2 Å². The highest BCUT2D eigenvalue weighted by Crippen LogP contribution is 2.25. The molecule has 19 N–H and O–H groups in total. The van der Waals surface area contributed by atoms with E-state index in [4.69, 9.17) is 11.5 Å². The van der Waals surface area contributed by atoms with Crippen molar-refractivity contribution < 1.29 is 82.4 Å². The van der Waals surface area contributed by atoms with Gasteiger partial charge < -0.3 is 94.8 Å². The van der Waals surface area contributed by atoms with E-state index < -0.39 is 181 Å². The number of likely N-dealkylation sites (tertiary alicyclic amines) is 1. The number of aromatic amines is 2. The van der Waals surface area contributed by atoms with Crippen LogP contribution in [-0.4, -0.2) is 204 Å². The smallest absolute Gasteiger partial charge is 0.326 e. The molecule has 2 aromatic heterocycles. The van der Waals surface area contributed by atoms with Crippen LogP contribution >= 0.6 is 25.3 Å². The van der Waals surface area contributed by atoms with Crippen molar-refractivity contribution in [1.82, 2.24) is 68.0 Å². The van der Waals surface area contributed by atoms with Gasteiger partial charge in [0.15, 0.2) is 0 Å². The van der Waals surface area contributed by atoms with E-state index in [1.807, 2.05) is 24.3 Å². The first-order valence-corrected chi connectivity index (χ1v) is 35.4. The lowest BCUT2D eigenvalue weighted by Gasteiger charge is -2.31. The minimum Gasteiger partial charge on any atom is -0.508 e. The molecule has 3 aromatic carbocycles. The van der Waals surface area contributed by atoms with Gasteiger partial charge in [0.1, 0.15) is 72.2 Å². The van der Waals surface area contributed by atoms with Crippen molar-refractivity contribution in [3.63, 3.8) is 0 Å². The number of hydrogen-bond donors (Lipinski definition) is 19. The number of amides is 12. The Kier molecular flexibility index (Phi) is 30.9. The van der Waals surface area contributed by atoms with E-state index in [0.29, 0.717) is 34.0 Å². The number of carbonyl (C=O) groups is 14. The number of nitrogens with zero attached hydrogens (tertiary/aromatic N) is 1. The van der Waals surface area contributed by atoms with Crippen molar-refractivity contribution in [3.8, 4) is 5.75 Å². The summed E-state index contributed by atoms with van der Waals surface area (Å²) in [4.78, 5) is 200. The van der Waals surface area contributed by atoms with Gasteiger partial charge in [-0.1, -0.05) is 90.1 Å². The number of hydrogen-bond acceptors (Lipinski definition) is 18. The highest BCUT2D eigenvalue weighted by molar-refractivity contribution is 7.80. The number of carboxylic acid groups (broad SMARTS) is 2. The summed E-state index contributed by atoms with van der Waals surface area (Å²) in [6.07, 6.45) is 1.08. The quantitative estimate of drug-likeness (QED) is 0.0223. The van der Waals surface area contributed by atoms with Crippen LogP contribution in [0.3, 0.4) is 0 Å². The van der Waals surface area contributed by atoms with Gasteiger partial charge in [0.25, 0.3) is 0 Å². The topological polar surface area (TPSA) is 507 Å². The summed E-state index contributed by atoms with van der Waals surface area (Å²) >= 11 is 8.47. The molecule has 0 radical (unpaired) electrons. The molecule has 1 saturated heterocycles. The van der Waals surface area contributed by atoms with E-state index in [2.05, 4.69) is 88.4 Å². The Bertz CT molecular complexity index is 3920. The number of aliphatic carboxylic acids is 2. The number of nitrogens with two attached hydrogens (primary N) is 2. The second-order valence-electron chi connectivity index (χ2n) is 26.8. The molecule has 12 atom stereocenters. The van der Waals surface area contributed by atoms with Crippen molar-refractivity contribution in [2.24, 2.45) is 29.2 Å². The van der Waals surface area contributed by atoms with Crippen molar-refractivity contribution in [2.75, 3.05) is 18.1 Å². The van der Waals surface area contributed by atoms with E-state index in [9.17, 15) is 77.6 Å². The maximum absolute atomic E-state index is 15.0. The Hall–Kier alpha value is -10.2. The Morgan fingerprint density at radius 2 is 0.990 bits per heavy atom. The first kappa shape index (κ1) is 82.7. The second-order valence-corrected chi connectivity index (χ2v) is 27.6. The molecule has 1 fully saturated rings. The van der Waals surface area contributed by atoms with Gasteiger partial charge in [-0.25, -0.2) is 4.79 Å². The van der Waals surface area contributed by atoms with Gasteiger partial charge in [-0.3, -0.25) is 62.3 Å². The number of nitrogens with one attached hydrogen (secondary N) is 12. The van der Waals surface area contributed by atoms with E-state index in [-0.39, 0.29) is 67.7 Å². The number of primary amides is 1. The Morgan fingerprint density at radius 1 is 0.529 bits per heavy atom. The monoisotopic (exact) mass is 1480 g/mol. The Morgan fingerprint density at radius 3 is 1.50 bits per heavy atom. The summed E-state index contributed by atoms with van der Waals surface area (Å²) in [7, 11) is 0. The van der Waals surface area contributed by atoms with Crippen LogP contribution in [0.25, 0.3) is 21.8 Å². The van der Waals surface area contributed by atoms with Gasteiger partial charge in [0.05, 0.1) is 12.5 Å². The zero-order valence-corrected chi connectivity index (χ0v) is 60.6. The number of phenols is 1. The van der Waals surface area contributed by atoms with Crippen LogP contribution < -0.4 is 64.6 Å². The predicted molar refractivity (Wildman–Crippen MR) is 389 cm³/mol. The van der Waals surface area contributed by atoms with Crippen LogP contribution in [-0.2, 0) is 86.4 Å². The average molecular weight is 1480 g/mol. The summed E-state index contributed by atoms with van der Waals surface area (Å²) in [6.45, 7) is 11.5. The van der Waals surface area contributed by atoms with Crippen molar-refractivity contribution in [1.29, 1.82) is 0 Å². The zero-order chi connectivity index (χ0) is 76.8. The Labute approximate surface area is 611 Å². The first-order valence-electron chi connectivity index (χ1n) is 34.1. The lowest BCUT2D eigenvalue weighted by Crippen LogP contribution is -2.61. The first-order chi connectivity index (χ1) is 49.2. The van der Waals surface area contributed by atoms with E-state index in [0.717, 1.165) is 10.9 Å². The molecule has 0 saturated carbocycles. The molecule has 32 nitrogen and oxygen atoms in total. The number of carboxylic acids is 2. The molecule has 1 aliphatic rings. The normalized spacial score (nSPS) is 16.0. The predicted octanol–water partition coefficient (Wildman–Crippen LogP) is -0.389. The molecule has 12 amide bonds. The van der Waals surface area contributed by atoms with Gasteiger partial charge in [-0.05, 0) is 91.3 Å². The van der Waals surface area contributed by atoms with Crippen LogP contribution in [0.5, 0.6) is 5.75 Å². The molecular formula is C70H95N15O17S2. The van der Waals surface area contributed by atoms with Crippen molar-refractivity contribution in [2.45, 2.75) is 179 Å². The van der Waals surface area contributed by atoms with Gasteiger partial charge in [0, 0.05) is 77.9 Å². The molecule has 3 heterocycles. The third-order valence-corrected chi connectivity index (χ3v) is 18.3. The van der Waals surface area contributed by atoms with Gasteiger partial charge in [-0.15, -0.1) is 0 Å². The lowest BCUT2D eigenvalue weighted by molar-refractivity contribution is -0.143. The zero-order valence-electron chi connectivity index (χ0n) is 58.8. The molecule has 0 spiro atoms. The molecule has 0 aliphatic carbocycles. The second kappa shape index (κ2) is 38.9. The van der Waals surface area contributed by atoms with Crippen LogP contribution in [0.2, 0.25) is 0 Å². The average Bonchev–Trinajstić information content (AvgIpc) is 1.63. The number of phenolic OH excluding ortho intramolecular Hbond substituents is 1. The number of benzene rings is 3. The largest absolute Gasteiger partial charge is 0.508 e. The number of H-pyrrole nitrogens is 2. The van der Waals surface area contributed by atoms with Crippen LogP contribution in [0, 0.1) is 17.8 Å². The molecule has 34 heteroatoms. The molecule has 6 rings (SSSR count). The maximum atomic E-state index is 15.0. The molecule has 0 unspecified atom stereocenters. The number of fused-ring (bicyclic) bond motifs is 2. The molecule has 1 aliphatic heterocycles.